The molecule has 0 spiro atoms. The summed E-state index contributed by atoms with van der Waals surface area (Å²) in [5.41, 5.74) is 2.33. The molecule has 0 aliphatic heterocycles. The van der Waals surface area contributed by atoms with E-state index in [0.717, 1.165) is 10.7 Å². The Morgan fingerprint density at radius 1 is 1.38 bits per heavy atom. The minimum absolute atomic E-state index is 0.804. The second-order valence-corrected chi connectivity index (χ2v) is 5.93. The Labute approximate surface area is 104 Å². The number of hydrogen-bond donors (Lipinski definition) is 1. The van der Waals surface area contributed by atoms with E-state index < -0.39 is 0 Å². The van der Waals surface area contributed by atoms with Crippen LogP contribution in [0.3, 0.4) is 0 Å². The second-order valence-electron chi connectivity index (χ2n) is 2.59. The molecule has 0 aromatic rings. The van der Waals surface area contributed by atoms with Gasteiger partial charge in [0.1, 0.15) is 0 Å². The average Bonchev–Trinajstić information content (AvgIpc) is 1.99. The molecule has 0 aliphatic carbocycles. The first-order valence-electron chi connectivity index (χ1n) is 3.75. The number of thiocarbonyl (C=S) groups is 1. The topological polar surface area (TPSA) is 12.0 Å². The molecule has 0 unspecified atom stereocenters. The molecule has 0 radical (unpaired) electrons. The fourth-order valence-corrected chi connectivity index (χ4v) is 2.08. The van der Waals surface area contributed by atoms with Crippen LogP contribution in [0.15, 0.2) is 22.3 Å². The van der Waals surface area contributed by atoms with Gasteiger partial charge in [-0.15, -0.1) is 0 Å². The molecule has 0 aromatic heterocycles. The number of nitrogens with one attached hydrogen (secondary N) is 1. The van der Waals surface area contributed by atoms with Crippen molar-refractivity contribution in [3.8, 4) is 0 Å². The van der Waals surface area contributed by atoms with Crippen LogP contribution in [0.25, 0.3) is 0 Å². The van der Waals surface area contributed by atoms with Crippen LogP contribution < -0.4 is 5.32 Å². The average molecular weight is 430 g/mol. The van der Waals surface area contributed by atoms with Crippen molar-refractivity contribution in [1.82, 2.24) is 5.32 Å². The molecule has 72 valence electrons. The minimum atomic E-state index is 0.804. The van der Waals surface area contributed by atoms with E-state index in [1.807, 2.05) is 18.0 Å². The Hall–Kier alpha value is 0.408. The van der Waals surface area contributed by atoms with Crippen molar-refractivity contribution < 1.29 is 19.4 Å². The van der Waals surface area contributed by atoms with Gasteiger partial charge in [0.05, 0.1) is 0 Å². The third-order valence-corrected chi connectivity index (χ3v) is 2.46. The Bertz CT molecular complexity index is 281. The number of halogens is 1. The van der Waals surface area contributed by atoms with Crippen LogP contribution in [0.2, 0.25) is 0 Å². The van der Waals surface area contributed by atoms with Gasteiger partial charge in [-0.25, -0.2) is 0 Å². The van der Waals surface area contributed by atoms with Crippen molar-refractivity contribution in [3.63, 3.8) is 0 Å². The summed E-state index contributed by atoms with van der Waals surface area (Å²) >= 11 is 9.72. The van der Waals surface area contributed by atoms with Gasteiger partial charge in [0, 0.05) is 0 Å². The summed E-state index contributed by atoms with van der Waals surface area (Å²) < 4.78 is 1.31. The number of allylic oxidation sites excluding steroid dienone is 3. The van der Waals surface area contributed by atoms with E-state index in [-0.39, 0.29) is 0 Å². The van der Waals surface area contributed by atoms with E-state index in [4.69, 9.17) is 12.2 Å². The molecule has 0 saturated carbocycles. The van der Waals surface area contributed by atoms with Gasteiger partial charge in [-0.3, -0.25) is 0 Å². The van der Waals surface area contributed by atoms with Gasteiger partial charge < -0.3 is 0 Å². The second kappa shape index (κ2) is 6.80. The molecule has 0 aliphatic rings. The quantitative estimate of drug-likeness (QED) is 0.547. The van der Waals surface area contributed by atoms with Crippen LogP contribution >= 0.6 is 28.1 Å². The fraction of sp³-hybridized carbons (Fsp3) is 0.333. The molecule has 0 rings (SSSR count). The standard InChI is InChI=1S/C9H12BrNS.W/c1-4-9(11-8(3)12)7(2)5-6-10;/h5-6H,1-3H3,(H,11,12);/b6-5?,9-7+;. The van der Waals surface area contributed by atoms with E-state index in [2.05, 4.69) is 35.1 Å². The summed E-state index contributed by atoms with van der Waals surface area (Å²) in [4.78, 5) is 2.65. The SMILES string of the molecule is CC(=S)N/C([C](C)=[W])=C(\C)C=CBr. The molecule has 1 nitrogen and oxygen atoms in total. The monoisotopic (exact) mass is 429 g/mol. The van der Waals surface area contributed by atoms with Gasteiger partial charge in [-0.05, 0) is 0 Å². The third-order valence-electron chi connectivity index (χ3n) is 1.36. The number of hydrogen-bond acceptors (Lipinski definition) is 1. The third kappa shape index (κ3) is 5.66. The predicted octanol–water partition coefficient (Wildman–Crippen LogP) is 2.85. The molecule has 4 heteroatoms. The van der Waals surface area contributed by atoms with E-state index in [9.17, 15) is 0 Å². The summed E-state index contributed by atoms with van der Waals surface area (Å²) in [5, 5.41) is 3.19. The Balaban J connectivity index is 4.88. The summed E-state index contributed by atoms with van der Waals surface area (Å²) in [7, 11) is 0. The first-order valence-corrected chi connectivity index (χ1v) is 6.54. The van der Waals surface area contributed by atoms with Crippen molar-refractivity contribution in [2.24, 2.45) is 0 Å². The Morgan fingerprint density at radius 2 is 1.92 bits per heavy atom. The van der Waals surface area contributed by atoms with Crippen LogP contribution in [0, 0.1) is 0 Å². The molecular formula is C9H12BrNSW. The van der Waals surface area contributed by atoms with Crippen molar-refractivity contribution in [2.45, 2.75) is 20.8 Å². The molecule has 13 heavy (non-hydrogen) atoms. The van der Waals surface area contributed by atoms with Crippen LogP contribution in [0.5, 0.6) is 0 Å². The van der Waals surface area contributed by atoms with Crippen LogP contribution in [0.1, 0.15) is 20.8 Å². The van der Waals surface area contributed by atoms with Crippen molar-refractivity contribution in [1.29, 1.82) is 0 Å². The molecule has 0 heterocycles. The van der Waals surface area contributed by atoms with Gasteiger partial charge in [-0.2, -0.15) is 0 Å². The molecule has 0 fully saturated rings. The van der Waals surface area contributed by atoms with Gasteiger partial charge in [0.15, 0.2) is 0 Å². The predicted molar refractivity (Wildman–Crippen MR) is 62.9 cm³/mol. The summed E-state index contributed by atoms with van der Waals surface area (Å²) in [6.45, 7) is 6.05. The maximum absolute atomic E-state index is 5.01. The van der Waals surface area contributed by atoms with Crippen LogP contribution in [-0.2, 0) is 19.4 Å². The van der Waals surface area contributed by atoms with Crippen molar-refractivity contribution in [2.75, 3.05) is 0 Å². The maximum atomic E-state index is 5.01. The molecule has 0 bridgehead atoms. The van der Waals surface area contributed by atoms with Crippen LogP contribution in [-0.4, -0.2) is 8.89 Å². The summed E-state index contributed by atoms with van der Waals surface area (Å²) in [5.74, 6) is 0. The molecule has 0 atom stereocenters. The van der Waals surface area contributed by atoms with E-state index >= 15 is 0 Å². The zero-order chi connectivity index (χ0) is 10.4. The zero-order valence-electron chi connectivity index (χ0n) is 7.85. The van der Waals surface area contributed by atoms with Crippen molar-refractivity contribution in [3.05, 3.63) is 22.3 Å². The normalized spacial score (nSPS) is 12.6. The van der Waals surface area contributed by atoms with Crippen LogP contribution in [0.4, 0.5) is 0 Å². The van der Waals surface area contributed by atoms with Gasteiger partial charge in [0.25, 0.3) is 0 Å². The Kier molecular flexibility index (Phi) is 7.02. The van der Waals surface area contributed by atoms with Gasteiger partial charge in [-0.1, -0.05) is 0 Å². The zero-order valence-corrected chi connectivity index (χ0v) is 13.2. The number of rotatable bonds is 3. The molecule has 0 saturated heterocycles. The summed E-state index contributed by atoms with van der Waals surface area (Å²) in [6, 6.07) is 0. The molecule has 1 N–H and O–H groups in total. The fourth-order valence-electron chi connectivity index (χ4n) is 0.818. The van der Waals surface area contributed by atoms with E-state index in [1.165, 1.54) is 28.8 Å². The van der Waals surface area contributed by atoms with Gasteiger partial charge >= 0.3 is 105 Å². The van der Waals surface area contributed by atoms with E-state index in [0.29, 0.717) is 0 Å². The van der Waals surface area contributed by atoms with E-state index in [1.54, 1.807) is 0 Å². The molecular weight excluding hydrogens is 418 g/mol. The summed E-state index contributed by atoms with van der Waals surface area (Å²) in [6.07, 6.45) is 2.01. The van der Waals surface area contributed by atoms with Crippen molar-refractivity contribution >= 4 is 37.0 Å². The molecule has 0 aromatic carbocycles. The Morgan fingerprint density at radius 3 is 2.23 bits per heavy atom. The first kappa shape index (κ1) is 13.4. The first-order chi connectivity index (χ1) is 5.99. The van der Waals surface area contributed by atoms with Gasteiger partial charge in [0.2, 0.25) is 0 Å². The molecule has 0 amide bonds.